The summed E-state index contributed by atoms with van der Waals surface area (Å²) >= 11 is 0. The lowest BCUT2D eigenvalue weighted by atomic mass is 9.57. The molecule has 9 aliphatic carbocycles. The number of nitrogens with one attached hydrogen (secondary N) is 2. The van der Waals surface area contributed by atoms with E-state index >= 15 is 0 Å². The van der Waals surface area contributed by atoms with Crippen molar-refractivity contribution in [1.82, 2.24) is 25.3 Å². The summed E-state index contributed by atoms with van der Waals surface area (Å²) in [6.07, 6.45) is 62.8. The maximum Gasteiger partial charge on any atom is 0.119 e. The van der Waals surface area contributed by atoms with Gasteiger partial charge in [0.25, 0.3) is 0 Å². The minimum atomic E-state index is 0.0305. The average molecular weight is 979 g/mol. The summed E-state index contributed by atoms with van der Waals surface area (Å²) in [7, 11) is 0. The molecule has 0 aromatic heterocycles. The quantitative estimate of drug-likeness (QED) is 0.285. The fraction of sp³-hybridized carbons (Fsp3) is 0.478. The van der Waals surface area contributed by atoms with E-state index in [0.717, 1.165) is 76.2 Å². The molecule has 1 aromatic rings. The number of nitriles is 1. The largest absolute Gasteiger partial charge is 0.491 e. The molecule has 3 saturated heterocycles. The van der Waals surface area contributed by atoms with Crippen molar-refractivity contribution in [3.8, 4) is 6.07 Å². The summed E-state index contributed by atoms with van der Waals surface area (Å²) in [6.45, 7) is 2.61. The third-order valence-electron chi connectivity index (χ3n) is 21.2. The van der Waals surface area contributed by atoms with Crippen LogP contribution in [0.3, 0.4) is 0 Å². The number of likely N-dealkylation sites (tertiary alicyclic amines) is 1. The van der Waals surface area contributed by atoms with Crippen LogP contribution in [0.4, 0.5) is 0 Å². The van der Waals surface area contributed by atoms with Gasteiger partial charge < -0.3 is 19.4 Å². The summed E-state index contributed by atoms with van der Waals surface area (Å²) in [6, 6.07) is 15.6. The van der Waals surface area contributed by atoms with E-state index in [9.17, 15) is 5.26 Å². The van der Waals surface area contributed by atoms with E-state index < -0.39 is 0 Å². The van der Waals surface area contributed by atoms with Gasteiger partial charge in [0.1, 0.15) is 17.9 Å². The highest BCUT2D eigenvalue weighted by atomic mass is 16.5. The van der Waals surface area contributed by atoms with Gasteiger partial charge >= 0.3 is 0 Å². The number of fused-ring (bicyclic) bond motifs is 12. The lowest BCUT2D eigenvalue weighted by molar-refractivity contribution is -0.0741. The molecule has 3 bridgehead atoms. The van der Waals surface area contributed by atoms with Gasteiger partial charge in [0, 0.05) is 59.8 Å². The molecule has 5 heterocycles. The smallest absolute Gasteiger partial charge is 0.119 e. The van der Waals surface area contributed by atoms with Crippen molar-refractivity contribution < 1.29 is 4.74 Å². The summed E-state index contributed by atoms with van der Waals surface area (Å²) in [5.41, 5.74) is 12.1. The third-order valence-corrected chi connectivity index (χ3v) is 21.2. The molecule has 16 atom stereocenters. The van der Waals surface area contributed by atoms with Crippen molar-refractivity contribution >= 4 is 5.57 Å². The SMILES string of the molecule is CC1C2NC(C3C=CC=CC3)NC(C3C=C(c4ccccc4)C=CC3)CC13CCC1=C(C3)N(C3CC(N4C5=C(C6C=CC=CC64)C4C(C=C5)C5CCC=CC5N4C4=CC=CCC4)=C(C#N)C=C23)C2CCCCC2O1. The number of nitrogens with zero attached hydrogens (tertiary/aromatic N) is 4. The highest BCUT2D eigenvalue weighted by Crippen LogP contribution is 2.60. The Labute approximate surface area is 440 Å². The summed E-state index contributed by atoms with van der Waals surface area (Å²) in [5, 5.41) is 20.8. The van der Waals surface area contributed by atoms with E-state index in [2.05, 4.69) is 184 Å². The van der Waals surface area contributed by atoms with Gasteiger partial charge in [-0.2, -0.15) is 5.26 Å². The van der Waals surface area contributed by atoms with Crippen LogP contribution in [0.25, 0.3) is 5.57 Å². The first-order valence-corrected chi connectivity index (χ1v) is 29.2. The number of hydrogen-bond donors (Lipinski definition) is 2. The van der Waals surface area contributed by atoms with Gasteiger partial charge in [0.15, 0.2) is 0 Å². The van der Waals surface area contributed by atoms with E-state index in [-0.39, 0.29) is 47.8 Å². The van der Waals surface area contributed by atoms with Gasteiger partial charge in [-0.25, -0.2) is 0 Å². The first kappa shape index (κ1) is 45.6. The number of ether oxygens (including phenoxy) is 1. The molecular formula is C67H74N6O. The van der Waals surface area contributed by atoms with Crippen LogP contribution in [0.1, 0.15) is 109 Å². The highest BCUT2D eigenvalue weighted by molar-refractivity contribution is 5.75. The second-order valence-corrected chi connectivity index (χ2v) is 24.6. The molecule has 1 aromatic carbocycles. The minimum absolute atomic E-state index is 0.0305. The van der Waals surface area contributed by atoms with Gasteiger partial charge in [-0.3, -0.25) is 10.6 Å². The average Bonchev–Trinajstić information content (AvgIpc) is 4.06. The molecule has 7 heteroatoms. The summed E-state index contributed by atoms with van der Waals surface area (Å²) in [5.74, 6) is 3.60. The Balaban J connectivity index is 0.881. The van der Waals surface area contributed by atoms with Crippen LogP contribution in [0.5, 0.6) is 0 Å². The zero-order chi connectivity index (χ0) is 49.1. The van der Waals surface area contributed by atoms with Gasteiger partial charge in [-0.1, -0.05) is 141 Å². The van der Waals surface area contributed by atoms with Crippen LogP contribution in [0.2, 0.25) is 0 Å². The standard InChI is InChI=1S/C67H74N6O/c1-42-64-52-37-47(41-68)58(72-55-29-14-12-27-51(55)63-57(72)33-32-50-49-26-11-13-28-54(49)71(65(50)63)48-24-9-4-10-25-48)38-59(52)73-56-30-15-16-31-61(56)74-62-34-35-67(42,40-60(62)73)39-53(69-66(70-64)44-20-7-3-8-21-44)46-23-17-22-45(36-46)43-18-5-2-6-19-43/h2-9,12-14,17-20,22,24,27-29,32-33,36-37,42,44,46,49-51,53-56,59,61,64-66,69-70H,10-11,15-16,21,23,25-26,30-31,34-35,38-40H2,1H3. The maximum atomic E-state index is 11.8. The Morgan fingerprint density at radius 2 is 1.69 bits per heavy atom. The molecule has 74 heavy (non-hydrogen) atoms. The van der Waals surface area contributed by atoms with Crippen molar-refractivity contribution in [2.24, 2.45) is 40.9 Å². The Kier molecular flexibility index (Phi) is 11.2. The molecule has 7 nitrogen and oxygen atoms in total. The van der Waals surface area contributed by atoms with Crippen LogP contribution in [0.15, 0.2) is 191 Å². The molecule has 14 aliphatic rings. The molecule has 15 rings (SSSR count). The Morgan fingerprint density at radius 3 is 2.57 bits per heavy atom. The van der Waals surface area contributed by atoms with Crippen LogP contribution in [0, 0.1) is 52.3 Å². The van der Waals surface area contributed by atoms with E-state index in [1.54, 1.807) is 5.57 Å². The molecule has 1 spiro atoms. The van der Waals surface area contributed by atoms with Crippen LogP contribution in [-0.4, -0.2) is 69.3 Å². The minimum Gasteiger partial charge on any atom is -0.491 e. The number of benzene rings is 1. The molecule has 16 unspecified atom stereocenters. The number of allylic oxidation sites excluding steroid dienone is 18. The zero-order valence-corrected chi connectivity index (χ0v) is 43.3. The number of hydrogen-bond acceptors (Lipinski definition) is 7. The molecule has 0 radical (unpaired) electrons. The summed E-state index contributed by atoms with van der Waals surface area (Å²) < 4.78 is 7.33. The first-order valence-electron chi connectivity index (χ1n) is 29.2. The van der Waals surface area contributed by atoms with Crippen molar-refractivity contribution in [3.63, 3.8) is 0 Å². The highest BCUT2D eigenvalue weighted by Gasteiger charge is 2.59. The predicted molar refractivity (Wildman–Crippen MR) is 296 cm³/mol. The first-order chi connectivity index (χ1) is 36.5. The van der Waals surface area contributed by atoms with Gasteiger partial charge in [0.2, 0.25) is 0 Å². The van der Waals surface area contributed by atoms with E-state index in [1.165, 1.54) is 70.9 Å². The van der Waals surface area contributed by atoms with Crippen molar-refractivity contribution in [1.29, 1.82) is 5.26 Å². The Bertz CT molecular complexity index is 2980. The molecule has 1 saturated carbocycles. The van der Waals surface area contributed by atoms with Gasteiger partial charge in [-0.05, 0) is 141 Å². The van der Waals surface area contributed by atoms with Gasteiger partial charge in [-0.15, -0.1) is 0 Å². The fourth-order valence-electron chi connectivity index (χ4n) is 17.7. The normalized spacial score (nSPS) is 41.1. The van der Waals surface area contributed by atoms with E-state index in [4.69, 9.17) is 4.74 Å². The molecule has 0 amide bonds. The predicted octanol–water partition coefficient (Wildman–Crippen LogP) is 12.7. The maximum absolute atomic E-state index is 11.8. The Morgan fingerprint density at radius 1 is 0.797 bits per heavy atom. The second kappa shape index (κ2) is 18.2. The second-order valence-electron chi connectivity index (χ2n) is 24.6. The van der Waals surface area contributed by atoms with E-state index in [0.29, 0.717) is 47.7 Å². The number of rotatable bonds is 5. The zero-order valence-electron chi connectivity index (χ0n) is 43.3. The van der Waals surface area contributed by atoms with Crippen LogP contribution < -0.4 is 10.6 Å². The molecule has 5 aliphatic heterocycles. The van der Waals surface area contributed by atoms with Crippen molar-refractivity contribution in [2.45, 2.75) is 158 Å². The topological polar surface area (TPSA) is 66.8 Å². The summed E-state index contributed by atoms with van der Waals surface area (Å²) in [4.78, 5) is 8.59. The third kappa shape index (κ3) is 7.16. The molecule has 378 valence electrons. The van der Waals surface area contributed by atoms with Gasteiger partial charge in [0.05, 0.1) is 47.6 Å². The van der Waals surface area contributed by atoms with Crippen LogP contribution >= 0.6 is 0 Å². The lowest BCUT2D eigenvalue weighted by Gasteiger charge is -2.61. The van der Waals surface area contributed by atoms with E-state index in [1.807, 2.05) is 0 Å². The fourth-order valence-corrected chi connectivity index (χ4v) is 17.7. The van der Waals surface area contributed by atoms with Crippen molar-refractivity contribution in [3.05, 3.63) is 197 Å². The van der Waals surface area contributed by atoms with Crippen LogP contribution in [-0.2, 0) is 4.74 Å². The monoisotopic (exact) mass is 979 g/mol. The molecule has 4 fully saturated rings. The lowest BCUT2D eigenvalue weighted by Crippen LogP contribution is -2.67. The Hall–Kier alpha value is -5.81. The molecule has 2 N–H and O–H groups in total. The van der Waals surface area contributed by atoms with Crippen molar-refractivity contribution in [2.75, 3.05) is 0 Å². The molecular weight excluding hydrogens is 905 g/mol.